The monoisotopic (exact) mass is 553 g/mol. The predicted molar refractivity (Wildman–Crippen MR) is 151 cm³/mol. The second kappa shape index (κ2) is 11.6. The van der Waals surface area contributed by atoms with Crippen LogP contribution in [0, 0.1) is 12.7 Å². The molecule has 0 spiro atoms. The van der Waals surface area contributed by atoms with Gasteiger partial charge in [-0.15, -0.1) is 0 Å². The lowest BCUT2D eigenvalue weighted by Crippen LogP contribution is -2.42. The van der Waals surface area contributed by atoms with Gasteiger partial charge in [-0.25, -0.2) is 9.18 Å². The number of aromatic nitrogens is 2. The number of carboxylic acids is 1. The number of nitrogens with zero attached hydrogens (tertiary/aromatic N) is 2. The number of halogens is 1. The summed E-state index contributed by atoms with van der Waals surface area (Å²) in [5.41, 5.74) is 4.23. The van der Waals surface area contributed by atoms with E-state index in [2.05, 4.69) is 29.3 Å². The first-order chi connectivity index (χ1) is 19.7. The van der Waals surface area contributed by atoms with E-state index < -0.39 is 23.7 Å². The van der Waals surface area contributed by atoms with Gasteiger partial charge in [0.25, 0.3) is 11.8 Å². The van der Waals surface area contributed by atoms with Gasteiger partial charge in [0.2, 0.25) is 5.82 Å². The van der Waals surface area contributed by atoms with Crippen LogP contribution < -0.4 is 5.32 Å². The highest BCUT2D eigenvalue weighted by Crippen LogP contribution is 2.27. The molecule has 8 nitrogen and oxygen atoms in total. The third kappa shape index (κ3) is 6.24. The predicted octanol–water partition coefficient (Wildman–Crippen LogP) is 6.66. The van der Waals surface area contributed by atoms with E-state index in [0.717, 1.165) is 11.1 Å². The van der Waals surface area contributed by atoms with E-state index in [1.807, 2.05) is 55.5 Å². The minimum atomic E-state index is -1.31. The van der Waals surface area contributed by atoms with Crippen LogP contribution in [0.15, 0.2) is 87.8 Å². The number of aliphatic carboxylic acids is 1. The highest BCUT2D eigenvalue weighted by Gasteiger charge is 2.24. The van der Waals surface area contributed by atoms with Crippen LogP contribution in [0.25, 0.3) is 34.2 Å². The van der Waals surface area contributed by atoms with Gasteiger partial charge in [0.05, 0.1) is 5.56 Å². The number of furan rings is 1. The number of benzene rings is 3. The highest BCUT2D eigenvalue weighted by atomic mass is 19.1. The second-order valence-corrected chi connectivity index (χ2v) is 10.1. The molecule has 3 aromatic carbocycles. The summed E-state index contributed by atoms with van der Waals surface area (Å²) in [5.74, 6) is -1.42. The number of rotatable bonds is 9. The topological polar surface area (TPSA) is 118 Å². The van der Waals surface area contributed by atoms with Crippen molar-refractivity contribution in [2.45, 2.75) is 39.2 Å². The van der Waals surface area contributed by atoms with E-state index in [4.69, 9.17) is 8.94 Å². The Labute approximate surface area is 235 Å². The van der Waals surface area contributed by atoms with Gasteiger partial charge in [0.1, 0.15) is 17.6 Å². The third-order valence-corrected chi connectivity index (χ3v) is 6.73. The van der Waals surface area contributed by atoms with Crippen molar-refractivity contribution in [1.29, 1.82) is 0 Å². The molecule has 0 aliphatic rings. The Morgan fingerprint density at radius 1 is 0.951 bits per heavy atom. The second-order valence-electron chi connectivity index (χ2n) is 10.1. The van der Waals surface area contributed by atoms with Crippen LogP contribution in [0.5, 0.6) is 0 Å². The number of carbonyl (C=O) groups is 2. The normalized spacial score (nSPS) is 11.9. The Morgan fingerprint density at radius 2 is 1.66 bits per heavy atom. The molecule has 0 bridgehead atoms. The van der Waals surface area contributed by atoms with Crippen molar-refractivity contribution < 1.29 is 28.0 Å². The van der Waals surface area contributed by atoms with E-state index >= 15 is 4.39 Å². The molecular formula is C32H28FN3O5. The minimum Gasteiger partial charge on any atom is -0.480 e. The summed E-state index contributed by atoms with van der Waals surface area (Å²) in [6.45, 7) is 6.16. The number of carboxylic acid groups (broad SMARTS) is 1. The molecule has 9 heteroatoms. The van der Waals surface area contributed by atoms with Crippen molar-refractivity contribution >= 4 is 11.9 Å². The van der Waals surface area contributed by atoms with Gasteiger partial charge in [0, 0.05) is 17.5 Å². The minimum absolute atomic E-state index is 0.0257. The fourth-order valence-corrected chi connectivity index (χ4v) is 4.33. The molecule has 5 rings (SSSR count). The zero-order chi connectivity index (χ0) is 29.1. The maximum Gasteiger partial charge on any atom is 0.326 e. The quantitative estimate of drug-likeness (QED) is 0.209. The van der Waals surface area contributed by atoms with Crippen molar-refractivity contribution in [1.82, 2.24) is 15.5 Å². The molecular weight excluding hydrogens is 525 g/mol. The average molecular weight is 554 g/mol. The molecule has 0 aliphatic carbocycles. The Morgan fingerprint density at radius 3 is 2.32 bits per heavy atom. The molecule has 208 valence electrons. The highest BCUT2D eigenvalue weighted by molar-refractivity contribution is 5.94. The maximum atomic E-state index is 15.0. The van der Waals surface area contributed by atoms with Crippen molar-refractivity contribution in [3.8, 4) is 34.2 Å². The van der Waals surface area contributed by atoms with E-state index in [-0.39, 0.29) is 29.5 Å². The van der Waals surface area contributed by atoms with Crippen molar-refractivity contribution in [3.05, 3.63) is 107 Å². The molecule has 1 amide bonds. The molecule has 0 fully saturated rings. The SMILES string of the molecule is Cc1ccc(-c2nc(-c3ccc(C[C@@H](NC(=O)c4ccc(-c5ccc(C(C)C)cc5)o4)C(=O)O)cc3F)no2)cc1. The molecule has 2 N–H and O–H groups in total. The lowest BCUT2D eigenvalue weighted by atomic mass is 10.0. The fraction of sp³-hybridized carbons (Fsp3) is 0.188. The third-order valence-electron chi connectivity index (χ3n) is 6.73. The lowest BCUT2D eigenvalue weighted by molar-refractivity contribution is -0.139. The standard InChI is InChI=1S/C32H28FN3O5/c1-18(2)21-9-11-22(12-10-21)27-14-15-28(40-27)30(37)34-26(32(38)39)17-20-6-13-24(25(33)16-20)29-35-31(41-36-29)23-7-4-19(3)5-8-23/h4-16,18,26H,17H2,1-3H3,(H,34,37)(H,38,39)/t26-/m1/s1. The smallest absolute Gasteiger partial charge is 0.326 e. The van der Waals surface area contributed by atoms with Crippen LogP contribution >= 0.6 is 0 Å². The molecule has 0 radical (unpaired) electrons. The van der Waals surface area contributed by atoms with Crippen molar-refractivity contribution in [3.63, 3.8) is 0 Å². The summed E-state index contributed by atoms with van der Waals surface area (Å²) < 4.78 is 26.0. The summed E-state index contributed by atoms with van der Waals surface area (Å²) in [7, 11) is 0. The summed E-state index contributed by atoms with van der Waals surface area (Å²) >= 11 is 0. The van der Waals surface area contributed by atoms with E-state index in [0.29, 0.717) is 22.8 Å². The van der Waals surface area contributed by atoms with E-state index in [9.17, 15) is 14.7 Å². The van der Waals surface area contributed by atoms with Gasteiger partial charge in [0.15, 0.2) is 5.76 Å². The summed E-state index contributed by atoms with van der Waals surface area (Å²) in [6.07, 6.45) is -0.149. The number of carbonyl (C=O) groups excluding carboxylic acids is 1. The molecule has 2 heterocycles. The summed E-state index contributed by atoms with van der Waals surface area (Å²) in [4.78, 5) is 29.0. The largest absolute Gasteiger partial charge is 0.480 e. The first-order valence-electron chi connectivity index (χ1n) is 13.1. The van der Waals surface area contributed by atoms with E-state index in [1.165, 1.54) is 23.8 Å². The number of nitrogens with one attached hydrogen (secondary N) is 1. The Bertz CT molecular complexity index is 1690. The van der Waals surface area contributed by atoms with Crippen LogP contribution in [0.2, 0.25) is 0 Å². The van der Waals surface area contributed by atoms with Crippen LogP contribution in [-0.4, -0.2) is 33.2 Å². The molecule has 0 aliphatic heterocycles. The maximum absolute atomic E-state index is 15.0. The summed E-state index contributed by atoms with van der Waals surface area (Å²) in [5, 5.41) is 16.1. The Kier molecular flexibility index (Phi) is 7.78. The Balaban J connectivity index is 1.27. The molecule has 2 aromatic heterocycles. The van der Waals surface area contributed by atoms with Gasteiger partial charge < -0.3 is 19.4 Å². The Hall–Kier alpha value is -5.05. The van der Waals surface area contributed by atoms with Crippen LogP contribution in [0.4, 0.5) is 4.39 Å². The van der Waals surface area contributed by atoms with Gasteiger partial charge in [-0.05, 0) is 60.4 Å². The number of hydrogen-bond donors (Lipinski definition) is 2. The van der Waals surface area contributed by atoms with Gasteiger partial charge in [-0.2, -0.15) is 4.98 Å². The number of aryl methyl sites for hydroxylation is 1. The van der Waals surface area contributed by atoms with Gasteiger partial charge in [-0.3, -0.25) is 4.79 Å². The van der Waals surface area contributed by atoms with Gasteiger partial charge in [-0.1, -0.05) is 67.0 Å². The molecule has 0 saturated carbocycles. The van der Waals surface area contributed by atoms with Crippen molar-refractivity contribution in [2.24, 2.45) is 0 Å². The van der Waals surface area contributed by atoms with E-state index in [1.54, 1.807) is 12.1 Å². The fourth-order valence-electron chi connectivity index (χ4n) is 4.33. The van der Waals surface area contributed by atoms with Gasteiger partial charge >= 0.3 is 5.97 Å². The van der Waals surface area contributed by atoms with Crippen LogP contribution in [0.3, 0.4) is 0 Å². The number of hydrogen-bond acceptors (Lipinski definition) is 6. The molecule has 41 heavy (non-hydrogen) atoms. The lowest BCUT2D eigenvalue weighted by Gasteiger charge is -2.14. The zero-order valence-corrected chi connectivity index (χ0v) is 22.7. The van der Waals surface area contributed by atoms with Crippen LogP contribution in [-0.2, 0) is 11.2 Å². The first kappa shape index (κ1) is 27.5. The zero-order valence-electron chi connectivity index (χ0n) is 22.7. The first-order valence-corrected chi connectivity index (χ1v) is 13.1. The molecule has 1 atom stereocenters. The average Bonchev–Trinajstić information content (AvgIpc) is 3.64. The molecule has 0 saturated heterocycles. The molecule has 5 aromatic rings. The van der Waals surface area contributed by atoms with Crippen LogP contribution in [0.1, 0.15) is 47.0 Å². The number of amides is 1. The van der Waals surface area contributed by atoms with Crippen molar-refractivity contribution in [2.75, 3.05) is 0 Å². The molecule has 0 unspecified atom stereocenters. The summed E-state index contributed by atoms with van der Waals surface area (Å²) in [6, 6.07) is 21.3.